The number of unbranched alkanes of at least 4 members (excludes halogenated alkanes) is 1. The van der Waals surface area contributed by atoms with Gasteiger partial charge in [-0.25, -0.2) is 0 Å². The van der Waals surface area contributed by atoms with Crippen molar-refractivity contribution in [1.82, 2.24) is 0 Å². The van der Waals surface area contributed by atoms with Gasteiger partial charge in [-0.15, -0.1) is 59.9 Å². The molecule has 2 nitrogen and oxygen atoms in total. The first-order valence-corrected chi connectivity index (χ1v) is 18.1. The van der Waals surface area contributed by atoms with Crippen molar-refractivity contribution in [2.75, 3.05) is 46.8 Å². The fourth-order valence-corrected chi connectivity index (χ4v) is 9.32. The Kier molecular flexibility index (Phi) is 43.2. The molecule has 0 amide bonds. The Balaban J connectivity index is -0.000000862. The number of hydrogen-bond donors (Lipinski definition) is 0. The van der Waals surface area contributed by atoms with Crippen LogP contribution in [0.3, 0.4) is 0 Å². The van der Waals surface area contributed by atoms with E-state index >= 15 is 0 Å². The van der Waals surface area contributed by atoms with Gasteiger partial charge in [-0.3, -0.25) is 0 Å². The van der Waals surface area contributed by atoms with Crippen LogP contribution in [0, 0.1) is 31.1 Å². The van der Waals surface area contributed by atoms with Gasteiger partial charge in [0.2, 0.25) is 0 Å². The summed E-state index contributed by atoms with van der Waals surface area (Å²) < 4.78 is 0. The first-order chi connectivity index (χ1) is 17.2. The molecule has 0 aliphatic heterocycles. The van der Waals surface area contributed by atoms with Crippen molar-refractivity contribution in [1.29, 1.82) is 5.26 Å². The van der Waals surface area contributed by atoms with Crippen LogP contribution in [0.15, 0.2) is 19.6 Å². The molecule has 1 aromatic rings. The summed E-state index contributed by atoms with van der Waals surface area (Å²) in [7, 11) is 0. The van der Waals surface area contributed by atoms with E-state index in [0.29, 0.717) is 6.54 Å². The van der Waals surface area contributed by atoms with Gasteiger partial charge >= 0.3 is 59.1 Å². The third-order valence-electron chi connectivity index (χ3n) is 4.40. The second-order valence-electron chi connectivity index (χ2n) is 6.89. The maximum absolute atomic E-state index is 10.1. The van der Waals surface area contributed by atoms with Gasteiger partial charge in [0.15, 0.2) is 0 Å². The zero-order chi connectivity index (χ0) is 26.9. The molecule has 0 saturated heterocycles. The largest absolute Gasteiger partial charge is 1.00 e. The van der Waals surface area contributed by atoms with E-state index in [1.807, 2.05) is 60.9 Å². The molecule has 0 spiro atoms. The minimum atomic E-state index is 0. The summed E-state index contributed by atoms with van der Waals surface area (Å²) in [5.41, 5.74) is 9.50. The summed E-state index contributed by atoms with van der Waals surface area (Å²) in [6.07, 6.45) is 13.5. The number of terminal acetylenes is 1. The van der Waals surface area contributed by atoms with Crippen LogP contribution in [-0.4, -0.2) is 46.8 Å². The van der Waals surface area contributed by atoms with Crippen LogP contribution >= 0.6 is 58.8 Å². The predicted molar refractivity (Wildman–Crippen MR) is 173 cm³/mol. The molecule has 37 heavy (non-hydrogen) atoms. The molecule has 1 N–H and O–H groups in total. The minimum absolute atomic E-state index is 0. The Labute approximate surface area is 300 Å². The van der Waals surface area contributed by atoms with Crippen LogP contribution in [0.4, 0.5) is 0 Å². The van der Waals surface area contributed by atoms with Crippen LogP contribution in [-0.2, 0) is 12.6 Å². The van der Waals surface area contributed by atoms with Crippen LogP contribution in [0.5, 0.6) is 0 Å². The van der Waals surface area contributed by atoms with E-state index in [0.717, 1.165) is 57.6 Å². The predicted octanol–water partition coefficient (Wildman–Crippen LogP) is 3.84. The van der Waals surface area contributed by atoms with E-state index in [2.05, 4.69) is 39.7 Å². The molecule has 0 unspecified atom stereocenters. The van der Waals surface area contributed by atoms with E-state index in [1.54, 1.807) is 11.8 Å². The fraction of sp³-hybridized carbons (Fsp3) is 0.667. The van der Waals surface area contributed by atoms with E-state index in [1.165, 1.54) is 45.5 Å². The first kappa shape index (κ1) is 46.3. The van der Waals surface area contributed by atoms with Gasteiger partial charge < -0.3 is 18.4 Å². The molecule has 0 aliphatic rings. The Morgan fingerprint density at radius 3 is 1.78 bits per heavy atom. The average Bonchev–Trinajstić information content (AvgIpc) is 2.89. The molecule has 1 rings (SSSR count). The number of thioether (sulfide) groups is 5. The van der Waals surface area contributed by atoms with Gasteiger partial charge in [0.1, 0.15) is 6.07 Å². The molecule has 0 radical (unpaired) electrons. The van der Waals surface area contributed by atoms with Crippen molar-refractivity contribution < 1.29 is 59.1 Å². The summed E-state index contributed by atoms with van der Waals surface area (Å²) in [5.74, 6) is 7.27. The number of rotatable bonds is 18. The van der Waals surface area contributed by atoms with Gasteiger partial charge in [-0.05, 0) is 59.8 Å². The molecular weight excluding hydrogens is 591 g/mol. The zero-order valence-electron chi connectivity index (χ0n) is 24.2. The summed E-state index contributed by atoms with van der Waals surface area (Å²) in [5, 5.41) is 10.1. The molecule has 0 heterocycles. The van der Waals surface area contributed by atoms with Crippen molar-refractivity contribution in [2.45, 2.75) is 86.3 Å². The van der Waals surface area contributed by atoms with Crippen molar-refractivity contribution in [2.24, 2.45) is 0 Å². The molecule has 0 bridgehead atoms. The second-order valence-corrected chi connectivity index (χ2v) is 13.1. The van der Waals surface area contributed by atoms with E-state index in [4.69, 9.17) is 18.4 Å². The van der Waals surface area contributed by atoms with E-state index in [9.17, 15) is 5.26 Å². The zero-order valence-corrected chi connectivity index (χ0v) is 33.1. The minimum Gasteiger partial charge on any atom is -0.793 e. The van der Waals surface area contributed by atoms with E-state index in [-0.39, 0.29) is 59.1 Å². The van der Waals surface area contributed by atoms with Gasteiger partial charge in [0.25, 0.3) is 0 Å². The van der Waals surface area contributed by atoms with Crippen LogP contribution < -0.4 is 59.1 Å². The standard InChI is InChI=1S/C23H37N2S6.C2H6.C2H2.2Na/c1-4-6-13-30-22-20(28-16-9-12-27-5-2)18(3)19(17-25)21(29-14-7-10-24)23(22)31-15-8-11-26;2*1-2;;/h24,26H,4-16H2,1-3H3;1-2H3;1-2H;;/q-1;;;2*+1/p-1. The maximum Gasteiger partial charge on any atom is 1.00 e. The topological polar surface area (TPSA) is 47.6 Å². The smallest absolute Gasteiger partial charge is 0.793 e. The van der Waals surface area contributed by atoms with Crippen molar-refractivity contribution in [3.05, 3.63) is 16.9 Å². The van der Waals surface area contributed by atoms with Gasteiger partial charge in [-0.1, -0.05) is 47.0 Å². The summed E-state index contributed by atoms with van der Waals surface area (Å²) in [4.78, 5) is 5.16. The molecular formula is C27H44N2Na2S6. The molecule has 0 aliphatic carbocycles. The molecule has 10 heteroatoms. The molecule has 0 aromatic heterocycles. The maximum atomic E-state index is 10.1. The normalized spacial score (nSPS) is 9.51. The number of nitriles is 1. The summed E-state index contributed by atoms with van der Waals surface area (Å²) in [6.45, 7) is 11.0. The third kappa shape index (κ3) is 20.0. The van der Waals surface area contributed by atoms with Gasteiger partial charge in [0, 0.05) is 19.6 Å². The average molecular weight is 635 g/mol. The van der Waals surface area contributed by atoms with Gasteiger partial charge in [-0.2, -0.15) is 29.3 Å². The fourth-order valence-electron chi connectivity index (χ4n) is 2.76. The number of nitrogens with one attached hydrogen (secondary N) is 1. The third-order valence-corrected chi connectivity index (χ3v) is 10.9. The van der Waals surface area contributed by atoms with Crippen LogP contribution in [0.1, 0.15) is 70.9 Å². The Morgan fingerprint density at radius 1 is 0.784 bits per heavy atom. The molecule has 0 saturated carbocycles. The Morgan fingerprint density at radius 2 is 1.27 bits per heavy atom. The first-order valence-electron chi connectivity index (χ1n) is 12.4. The monoisotopic (exact) mass is 634 g/mol. The van der Waals surface area contributed by atoms with Crippen molar-refractivity contribution in [3.63, 3.8) is 0 Å². The Bertz CT molecular complexity index is 727. The summed E-state index contributed by atoms with van der Waals surface area (Å²) >= 11 is 14.8. The molecule has 0 atom stereocenters. The number of benzene rings is 1. The van der Waals surface area contributed by atoms with Crippen molar-refractivity contribution in [3.8, 4) is 18.9 Å². The number of nitrogens with zero attached hydrogens (tertiary/aromatic N) is 1. The van der Waals surface area contributed by atoms with E-state index < -0.39 is 0 Å². The summed E-state index contributed by atoms with van der Waals surface area (Å²) in [6, 6.07) is 2.54. The van der Waals surface area contributed by atoms with Crippen LogP contribution in [0.25, 0.3) is 5.73 Å². The van der Waals surface area contributed by atoms with Crippen molar-refractivity contribution >= 4 is 71.4 Å². The second kappa shape index (κ2) is 34.5. The SMILES string of the molecule is C#C.CC.CCCCSc1c(SCCCSCC)c(C)c(C#N)c(SCCC[NH-])c1SCCC[S-].[Na+].[Na+]. The molecule has 1 aromatic carbocycles. The molecule has 200 valence electrons. The van der Waals surface area contributed by atoms with Crippen LogP contribution in [0.2, 0.25) is 0 Å². The molecule has 0 fully saturated rings. The quantitative estimate of drug-likeness (QED) is 0.0800. The van der Waals surface area contributed by atoms with Gasteiger partial charge in [0.05, 0.1) is 5.56 Å². The number of hydrogen-bond acceptors (Lipinski definition) is 7. The Hall–Kier alpha value is 2.33.